The van der Waals surface area contributed by atoms with Gasteiger partial charge >= 0.3 is 24.2 Å². The van der Waals surface area contributed by atoms with E-state index in [9.17, 15) is 35.9 Å². The van der Waals surface area contributed by atoms with E-state index in [2.05, 4.69) is 0 Å². The van der Waals surface area contributed by atoms with Gasteiger partial charge in [0.2, 0.25) is 0 Å². The van der Waals surface area contributed by atoms with Crippen LogP contribution in [0, 0.1) is 0 Å². The predicted molar refractivity (Wildman–Crippen MR) is 65.8 cm³/mol. The largest absolute Gasteiger partial charge is 0.471 e. The summed E-state index contributed by atoms with van der Waals surface area (Å²) in [5, 5.41) is 3.48. The van der Waals surface area contributed by atoms with Gasteiger partial charge in [0.1, 0.15) is 0 Å². The number of carbonyl (C=O) groups is 2. The Morgan fingerprint density at radius 2 is 0.864 bits per heavy atom. The smallest absolute Gasteiger partial charge is 0.348 e. The van der Waals surface area contributed by atoms with E-state index in [1.165, 1.54) is 0 Å². The average molecular weight is 336 g/mol. The molecule has 0 atom stereocenters. The second kappa shape index (κ2) is 9.52. The topological polar surface area (TPSA) is 58.2 Å². The van der Waals surface area contributed by atoms with E-state index in [1.54, 1.807) is 10.6 Å². The lowest BCUT2D eigenvalue weighted by Crippen LogP contribution is -2.37. The Morgan fingerprint density at radius 1 is 0.591 bits per heavy atom. The Balaban J connectivity index is 3.38. The molecular formula is C12H18F6N2O2. The first-order valence-corrected chi connectivity index (χ1v) is 6.75. The molecule has 0 saturated heterocycles. The zero-order valence-electron chi connectivity index (χ0n) is 11.7. The lowest BCUT2D eigenvalue weighted by Gasteiger charge is -2.08. The molecule has 4 nitrogen and oxygen atoms in total. The molecule has 0 aliphatic carbocycles. The molecule has 22 heavy (non-hydrogen) atoms. The van der Waals surface area contributed by atoms with Gasteiger partial charge in [0.15, 0.2) is 0 Å². The number of hydrogen-bond donors (Lipinski definition) is 2. The van der Waals surface area contributed by atoms with Crippen molar-refractivity contribution in [2.75, 3.05) is 13.1 Å². The number of hydrogen-bond acceptors (Lipinski definition) is 2. The normalized spacial score (nSPS) is 12.1. The molecule has 10 heteroatoms. The molecule has 0 saturated carbocycles. The zero-order chi connectivity index (χ0) is 17.2. The molecule has 0 rings (SSSR count). The maximum Gasteiger partial charge on any atom is 0.471 e. The van der Waals surface area contributed by atoms with Gasteiger partial charge in [-0.05, 0) is 12.8 Å². The van der Waals surface area contributed by atoms with Crippen molar-refractivity contribution in [2.24, 2.45) is 0 Å². The van der Waals surface area contributed by atoms with Crippen molar-refractivity contribution >= 4 is 11.8 Å². The van der Waals surface area contributed by atoms with E-state index in [-0.39, 0.29) is 13.1 Å². The fraction of sp³-hybridized carbons (Fsp3) is 0.833. The third kappa shape index (κ3) is 10.3. The molecule has 0 unspecified atom stereocenters. The van der Waals surface area contributed by atoms with Crippen LogP contribution in [0.15, 0.2) is 0 Å². The molecule has 2 amide bonds. The highest BCUT2D eigenvalue weighted by molar-refractivity contribution is 5.81. The molecule has 2 N–H and O–H groups in total. The number of amides is 2. The number of alkyl halides is 6. The van der Waals surface area contributed by atoms with Gasteiger partial charge < -0.3 is 10.6 Å². The Hall–Kier alpha value is -1.48. The molecule has 0 bridgehead atoms. The molecule has 0 fully saturated rings. The Morgan fingerprint density at radius 3 is 1.14 bits per heavy atom. The SMILES string of the molecule is O=C(NCCCCCCCCNC(=O)C(F)(F)F)C(F)(F)F. The summed E-state index contributed by atoms with van der Waals surface area (Å²) < 4.78 is 70.9. The molecule has 0 aromatic carbocycles. The average Bonchev–Trinajstić information content (AvgIpc) is 2.38. The quantitative estimate of drug-likeness (QED) is 0.502. The van der Waals surface area contributed by atoms with Gasteiger partial charge in [-0.2, -0.15) is 26.3 Å². The number of rotatable bonds is 9. The minimum Gasteiger partial charge on any atom is -0.348 e. The highest BCUT2D eigenvalue weighted by atomic mass is 19.4. The van der Waals surface area contributed by atoms with Crippen LogP contribution in [-0.4, -0.2) is 37.3 Å². The Kier molecular flexibility index (Phi) is 8.88. The fourth-order valence-electron chi connectivity index (χ4n) is 1.56. The first-order chi connectivity index (χ1) is 10.0. The molecule has 0 radical (unpaired) electrons. The van der Waals surface area contributed by atoms with Gasteiger partial charge in [-0.3, -0.25) is 9.59 Å². The first kappa shape index (κ1) is 20.5. The lowest BCUT2D eigenvalue weighted by molar-refractivity contribution is -0.173. The molecule has 0 aliphatic rings. The maximum atomic E-state index is 11.8. The van der Waals surface area contributed by atoms with Crippen molar-refractivity contribution in [1.82, 2.24) is 10.6 Å². The van der Waals surface area contributed by atoms with Gasteiger partial charge in [-0.15, -0.1) is 0 Å². The fourth-order valence-corrected chi connectivity index (χ4v) is 1.56. The molecule has 130 valence electrons. The van der Waals surface area contributed by atoms with E-state index in [0.29, 0.717) is 38.5 Å². The zero-order valence-corrected chi connectivity index (χ0v) is 11.7. The molecular weight excluding hydrogens is 318 g/mol. The van der Waals surface area contributed by atoms with Crippen LogP contribution in [-0.2, 0) is 9.59 Å². The van der Waals surface area contributed by atoms with Crippen LogP contribution in [0.4, 0.5) is 26.3 Å². The van der Waals surface area contributed by atoms with E-state index in [4.69, 9.17) is 0 Å². The molecule has 0 aliphatic heterocycles. The molecule has 0 aromatic rings. The van der Waals surface area contributed by atoms with Gasteiger partial charge in [-0.1, -0.05) is 25.7 Å². The van der Waals surface area contributed by atoms with E-state index < -0.39 is 24.2 Å². The van der Waals surface area contributed by atoms with Crippen molar-refractivity contribution in [3.63, 3.8) is 0 Å². The third-order valence-electron chi connectivity index (χ3n) is 2.69. The summed E-state index contributed by atoms with van der Waals surface area (Å²) in [6.07, 6.45) is -6.37. The van der Waals surface area contributed by atoms with Crippen LogP contribution < -0.4 is 10.6 Å². The van der Waals surface area contributed by atoms with Gasteiger partial charge in [0.05, 0.1) is 0 Å². The first-order valence-electron chi connectivity index (χ1n) is 6.75. The second-order valence-corrected chi connectivity index (χ2v) is 4.63. The van der Waals surface area contributed by atoms with Gasteiger partial charge in [-0.25, -0.2) is 0 Å². The summed E-state index contributed by atoms with van der Waals surface area (Å²) in [5.41, 5.74) is 0. The van der Waals surface area contributed by atoms with Crippen molar-refractivity contribution in [2.45, 2.75) is 50.9 Å². The van der Waals surface area contributed by atoms with Crippen LogP contribution in [0.3, 0.4) is 0 Å². The monoisotopic (exact) mass is 336 g/mol. The second-order valence-electron chi connectivity index (χ2n) is 4.63. The van der Waals surface area contributed by atoms with Crippen LogP contribution in [0.5, 0.6) is 0 Å². The van der Waals surface area contributed by atoms with E-state index >= 15 is 0 Å². The van der Waals surface area contributed by atoms with Crippen LogP contribution in [0.25, 0.3) is 0 Å². The Bertz CT molecular complexity index is 321. The lowest BCUT2D eigenvalue weighted by atomic mass is 10.1. The predicted octanol–water partition coefficient (Wildman–Crippen LogP) is 2.68. The third-order valence-corrected chi connectivity index (χ3v) is 2.69. The highest BCUT2D eigenvalue weighted by Crippen LogP contribution is 2.15. The molecule has 0 spiro atoms. The van der Waals surface area contributed by atoms with Crippen LogP contribution in [0.1, 0.15) is 38.5 Å². The number of unbranched alkanes of at least 4 members (excludes halogenated alkanes) is 5. The minimum absolute atomic E-state index is 0.0695. The summed E-state index contributed by atoms with van der Waals surface area (Å²) in [6, 6.07) is 0. The van der Waals surface area contributed by atoms with Crippen molar-refractivity contribution in [1.29, 1.82) is 0 Å². The van der Waals surface area contributed by atoms with E-state index in [1.807, 2.05) is 0 Å². The summed E-state index contributed by atoms with van der Waals surface area (Å²) in [4.78, 5) is 20.9. The number of halogens is 6. The summed E-state index contributed by atoms with van der Waals surface area (Å²) in [5.74, 6) is -3.93. The van der Waals surface area contributed by atoms with Crippen molar-refractivity contribution < 1.29 is 35.9 Å². The van der Waals surface area contributed by atoms with Gasteiger partial charge in [0.25, 0.3) is 0 Å². The van der Waals surface area contributed by atoms with Crippen molar-refractivity contribution in [3.8, 4) is 0 Å². The van der Waals surface area contributed by atoms with Crippen LogP contribution in [0.2, 0.25) is 0 Å². The van der Waals surface area contributed by atoms with E-state index in [0.717, 1.165) is 0 Å². The number of carbonyl (C=O) groups excluding carboxylic acids is 2. The summed E-state index contributed by atoms with van der Waals surface area (Å²) in [7, 11) is 0. The highest BCUT2D eigenvalue weighted by Gasteiger charge is 2.38. The summed E-state index contributed by atoms with van der Waals surface area (Å²) in [6.45, 7) is -0.139. The Labute approximate surface area is 123 Å². The summed E-state index contributed by atoms with van der Waals surface area (Å²) >= 11 is 0. The minimum atomic E-state index is -4.87. The molecule has 0 heterocycles. The molecule has 0 aromatic heterocycles. The van der Waals surface area contributed by atoms with Crippen LogP contribution >= 0.6 is 0 Å². The van der Waals surface area contributed by atoms with Crippen molar-refractivity contribution in [3.05, 3.63) is 0 Å². The number of nitrogens with one attached hydrogen (secondary N) is 2. The maximum absolute atomic E-state index is 11.8. The van der Waals surface area contributed by atoms with Gasteiger partial charge in [0, 0.05) is 13.1 Å². The standard InChI is InChI=1S/C12H18F6N2O2/c13-11(14,15)9(21)19-7-5-3-1-2-4-6-8-20-10(22)12(16,17)18/h1-8H2,(H,19,21)(H,20,22).